The van der Waals surface area contributed by atoms with E-state index in [1.807, 2.05) is 0 Å². The fourth-order valence-corrected chi connectivity index (χ4v) is 2.46. The summed E-state index contributed by atoms with van der Waals surface area (Å²) in [4.78, 5) is 0. The van der Waals surface area contributed by atoms with Gasteiger partial charge in [-0.15, -0.1) is 0 Å². The predicted molar refractivity (Wildman–Crippen MR) is 58.0 cm³/mol. The Balaban J connectivity index is 2.34. The number of halogens is 2. The van der Waals surface area contributed by atoms with E-state index in [0.29, 0.717) is 5.56 Å². The first-order chi connectivity index (χ1) is 7.61. The Hall–Kier alpha value is -0.960. The molecule has 2 rings (SSSR count). The lowest BCUT2D eigenvalue weighted by Crippen LogP contribution is -2.13. The van der Waals surface area contributed by atoms with Crippen molar-refractivity contribution in [3.05, 3.63) is 34.9 Å². The Bertz CT molecular complexity index is 384. The lowest BCUT2D eigenvalue weighted by atomic mass is 9.92. The molecule has 1 nitrogen and oxygen atoms in total. The van der Waals surface area contributed by atoms with Gasteiger partial charge >= 0.3 is 0 Å². The summed E-state index contributed by atoms with van der Waals surface area (Å²) in [5, 5.41) is 10.0. The summed E-state index contributed by atoms with van der Waals surface area (Å²) in [5.74, 6) is -1.23. The van der Waals surface area contributed by atoms with E-state index in [0.717, 1.165) is 25.7 Å². The zero-order valence-electron chi connectivity index (χ0n) is 9.34. The van der Waals surface area contributed by atoms with Gasteiger partial charge in [-0.1, -0.05) is 18.9 Å². The second-order valence-electron chi connectivity index (χ2n) is 4.58. The average molecular weight is 226 g/mol. The summed E-state index contributed by atoms with van der Waals surface area (Å²) in [6, 6.07) is 2.63. The van der Waals surface area contributed by atoms with Gasteiger partial charge in [0.2, 0.25) is 0 Å². The van der Waals surface area contributed by atoms with Gasteiger partial charge in [-0.2, -0.15) is 0 Å². The van der Waals surface area contributed by atoms with Crippen molar-refractivity contribution >= 4 is 0 Å². The Morgan fingerprint density at radius 3 is 2.50 bits per heavy atom. The maximum atomic E-state index is 13.8. The van der Waals surface area contributed by atoms with Crippen LogP contribution in [0.15, 0.2) is 12.1 Å². The minimum atomic E-state index is -0.998. The van der Waals surface area contributed by atoms with Crippen LogP contribution in [0.1, 0.15) is 42.9 Å². The van der Waals surface area contributed by atoms with E-state index in [1.54, 1.807) is 6.92 Å². The van der Waals surface area contributed by atoms with Crippen molar-refractivity contribution in [3.8, 4) is 0 Å². The molecular weight excluding hydrogens is 210 g/mol. The third kappa shape index (κ3) is 1.96. The van der Waals surface area contributed by atoms with Crippen LogP contribution in [0, 0.1) is 24.5 Å². The first-order valence-corrected chi connectivity index (χ1v) is 5.74. The maximum absolute atomic E-state index is 13.8. The lowest BCUT2D eigenvalue weighted by Gasteiger charge is -2.19. The smallest absolute Gasteiger partial charge is 0.134 e. The van der Waals surface area contributed by atoms with E-state index >= 15 is 0 Å². The van der Waals surface area contributed by atoms with Crippen molar-refractivity contribution in [2.75, 3.05) is 0 Å². The van der Waals surface area contributed by atoms with Crippen LogP contribution in [-0.2, 0) is 0 Å². The van der Waals surface area contributed by atoms with E-state index in [-0.39, 0.29) is 11.5 Å². The standard InChI is InChI=1S/C13H16F2O/c1-8-6-7-10(14)11(12(8)15)13(16)9-4-2-3-5-9/h6-7,9,13,16H,2-5H2,1H3. The molecule has 0 aromatic heterocycles. The van der Waals surface area contributed by atoms with Crippen molar-refractivity contribution in [3.63, 3.8) is 0 Å². The van der Waals surface area contributed by atoms with Gasteiger partial charge in [0.1, 0.15) is 11.6 Å². The summed E-state index contributed by atoms with van der Waals surface area (Å²) < 4.78 is 27.3. The van der Waals surface area contributed by atoms with Crippen molar-refractivity contribution in [2.24, 2.45) is 5.92 Å². The molecule has 1 aliphatic carbocycles. The highest BCUT2D eigenvalue weighted by Gasteiger charge is 2.29. The summed E-state index contributed by atoms with van der Waals surface area (Å²) in [6.45, 7) is 1.58. The fourth-order valence-electron chi connectivity index (χ4n) is 2.46. The number of aliphatic hydroxyl groups is 1. The fraction of sp³-hybridized carbons (Fsp3) is 0.538. The van der Waals surface area contributed by atoms with Gasteiger partial charge in [0, 0.05) is 0 Å². The molecule has 1 fully saturated rings. The van der Waals surface area contributed by atoms with Crippen molar-refractivity contribution in [1.29, 1.82) is 0 Å². The summed E-state index contributed by atoms with van der Waals surface area (Å²) in [6.07, 6.45) is 2.79. The largest absolute Gasteiger partial charge is 0.388 e. The van der Waals surface area contributed by atoms with Gasteiger partial charge in [0.15, 0.2) is 0 Å². The first-order valence-electron chi connectivity index (χ1n) is 5.74. The van der Waals surface area contributed by atoms with Crippen LogP contribution in [0.25, 0.3) is 0 Å². The molecule has 0 saturated heterocycles. The number of hydrogen-bond acceptors (Lipinski definition) is 1. The van der Waals surface area contributed by atoms with E-state index in [9.17, 15) is 13.9 Å². The lowest BCUT2D eigenvalue weighted by molar-refractivity contribution is 0.103. The summed E-state index contributed by atoms with van der Waals surface area (Å²) >= 11 is 0. The van der Waals surface area contributed by atoms with Gasteiger partial charge in [-0.05, 0) is 37.3 Å². The summed E-state index contributed by atoms with van der Waals surface area (Å²) in [7, 11) is 0. The Morgan fingerprint density at radius 1 is 1.25 bits per heavy atom. The number of aryl methyl sites for hydroxylation is 1. The van der Waals surface area contributed by atoms with Crippen LogP contribution in [0.2, 0.25) is 0 Å². The van der Waals surface area contributed by atoms with Gasteiger partial charge in [0.05, 0.1) is 11.7 Å². The molecule has 1 aromatic carbocycles. The quantitative estimate of drug-likeness (QED) is 0.818. The van der Waals surface area contributed by atoms with Crippen molar-refractivity contribution in [2.45, 2.75) is 38.7 Å². The monoisotopic (exact) mass is 226 g/mol. The minimum Gasteiger partial charge on any atom is -0.388 e. The molecule has 0 amide bonds. The summed E-state index contributed by atoms with van der Waals surface area (Å²) in [5.41, 5.74) is 0.236. The third-order valence-electron chi connectivity index (χ3n) is 3.46. The maximum Gasteiger partial charge on any atom is 0.134 e. The van der Waals surface area contributed by atoms with Crippen LogP contribution in [0.4, 0.5) is 8.78 Å². The first kappa shape index (κ1) is 11.5. The highest BCUT2D eigenvalue weighted by molar-refractivity contribution is 5.28. The normalized spacial score (nSPS) is 19.0. The molecule has 0 bridgehead atoms. The van der Waals surface area contributed by atoms with E-state index in [1.165, 1.54) is 12.1 Å². The highest BCUT2D eigenvalue weighted by atomic mass is 19.1. The van der Waals surface area contributed by atoms with Gasteiger partial charge < -0.3 is 5.11 Å². The van der Waals surface area contributed by atoms with E-state index in [4.69, 9.17) is 0 Å². The molecule has 1 aromatic rings. The molecule has 1 aliphatic rings. The molecule has 0 aliphatic heterocycles. The molecule has 1 N–H and O–H groups in total. The van der Waals surface area contributed by atoms with Crippen LogP contribution in [0.5, 0.6) is 0 Å². The van der Waals surface area contributed by atoms with Crippen LogP contribution in [-0.4, -0.2) is 5.11 Å². The van der Waals surface area contributed by atoms with Crippen LogP contribution in [0.3, 0.4) is 0 Å². The van der Waals surface area contributed by atoms with Crippen molar-refractivity contribution in [1.82, 2.24) is 0 Å². The molecule has 0 radical (unpaired) electrons. The van der Waals surface area contributed by atoms with E-state index in [2.05, 4.69) is 0 Å². The molecule has 88 valence electrons. The average Bonchev–Trinajstić information content (AvgIpc) is 2.77. The molecule has 16 heavy (non-hydrogen) atoms. The Labute approximate surface area is 94.1 Å². The molecule has 3 heteroatoms. The molecule has 1 saturated carbocycles. The zero-order valence-corrected chi connectivity index (χ0v) is 9.34. The van der Waals surface area contributed by atoms with Crippen LogP contribution < -0.4 is 0 Å². The van der Waals surface area contributed by atoms with E-state index < -0.39 is 17.7 Å². The topological polar surface area (TPSA) is 20.2 Å². The second kappa shape index (κ2) is 4.50. The van der Waals surface area contributed by atoms with Crippen molar-refractivity contribution < 1.29 is 13.9 Å². The molecular formula is C13H16F2O. The molecule has 0 spiro atoms. The van der Waals surface area contributed by atoms with Gasteiger partial charge in [-0.3, -0.25) is 0 Å². The number of rotatable bonds is 2. The molecule has 0 heterocycles. The highest BCUT2D eigenvalue weighted by Crippen LogP contribution is 2.37. The zero-order chi connectivity index (χ0) is 11.7. The van der Waals surface area contributed by atoms with Gasteiger partial charge in [0.25, 0.3) is 0 Å². The third-order valence-corrected chi connectivity index (χ3v) is 3.46. The second-order valence-corrected chi connectivity index (χ2v) is 4.58. The predicted octanol–water partition coefficient (Wildman–Crippen LogP) is 3.50. The molecule has 1 unspecified atom stereocenters. The number of aliphatic hydroxyl groups excluding tert-OH is 1. The SMILES string of the molecule is Cc1ccc(F)c(C(O)C2CCCC2)c1F. The number of hydrogen-bond donors (Lipinski definition) is 1. The molecule has 1 atom stereocenters. The Morgan fingerprint density at radius 2 is 1.88 bits per heavy atom. The van der Waals surface area contributed by atoms with Gasteiger partial charge in [-0.25, -0.2) is 8.78 Å². The number of benzene rings is 1. The minimum absolute atomic E-state index is 0.00537. The van der Waals surface area contributed by atoms with Crippen LogP contribution >= 0.6 is 0 Å². The Kier molecular flexibility index (Phi) is 3.24.